The molecule has 1 aromatic carbocycles. The minimum absolute atomic E-state index is 0.0362. The van der Waals surface area contributed by atoms with Crippen LogP contribution in [0.4, 0.5) is 5.69 Å². The molecule has 0 radical (unpaired) electrons. The molecular formula is C13H15N3O5. The fourth-order valence-corrected chi connectivity index (χ4v) is 1.43. The fraction of sp³-hybridized carbons (Fsp3) is 0.231. The minimum Gasteiger partial charge on any atom is -0.464 e. The van der Waals surface area contributed by atoms with Gasteiger partial charge < -0.3 is 15.0 Å². The third-order valence-corrected chi connectivity index (χ3v) is 2.38. The lowest BCUT2D eigenvalue weighted by molar-refractivity contribution is -0.384. The summed E-state index contributed by atoms with van der Waals surface area (Å²) in [5.41, 5.74) is 0.0311. The number of amides is 1. The molecular weight excluding hydrogens is 278 g/mol. The third kappa shape index (κ3) is 4.60. The summed E-state index contributed by atoms with van der Waals surface area (Å²) in [6.45, 7) is 0. The van der Waals surface area contributed by atoms with Crippen LogP contribution in [-0.4, -0.2) is 42.9 Å². The van der Waals surface area contributed by atoms with E-state index >= 15 is 0 Å². The molecule has 0 aromatic heterocycles. The summed E-state index contributed by atoms with van der Waals surface area (Å²) in [5.74, 6) is -1.26. The van der Waals surface area contributed by atoms with E-state index < -0.39 is 16.8 Å². The molecule has 21 heavy (non-hydrogen) atoms. The zero-order chi connectivity index (χ0) is 16.0. The molecule has 0 heterocycles. The maximum absolute atomic E-state index is 12.0. The quantitative estimate of drug-likeness (QED) is 0.374. The molecule has 0 spiro atoms. The van der Waals surface area contributed by atoms with E-state index in [1.807, 2.05) is 0 Å². The molecule has 8 heteroatoms. The molecule has 1 N–H and O–H groups in total. The lowest BCUT2D eigenvalue weighted by Crippen LogP contribution is -2.29. The highest BCUT2D eigenvalue weighted by Crippen LogP contribution is 2.12. The Labute approximate surface area is 121 Å². The highest BCUT2D eigenvalue weighted by atomic mass is 16.6. The molecule has 0 fully saturated rings. The molecule has 0 aliphatic heterocycles. The molecule has 0 aliphatic rings. The van der Waals surface area contributed by atoms with Gasteiger partial charge in [0.2, 0.25) is 0 Å². The Morgan fingerprint density at radius 2 is 1.86 bits per heavy atom. The minimum atomic E-state index is -0.695. The van der Waals surface area contributed by atoms with Crippen molar-refractivity contribution in [2.75, 3.05) is 21.2 Å². The first-order chi connectivity index (χ1) is 9.85. The zero-order valence-electron chi connectivity index (χ0n) is 11.8. The van der Waals surface area contributed by atoms with Gasteiger partial charge in [0.1, 0.15) is 5.70 Å². The second-order valence-electron chi connectivity index (χ2n) is 4.26. The van der Waals surface area contributed by atoms with Gasteiger partial charge in [-0.25, -0.2) is 4.79 Å². The second kappa shape index (κ2) is 7.04. The van der Waals surface area contributed by atoms with Crippen molar-refractivity contribution in [3.05, 3.63) is 51.8 Å². The summed E-state index contributed by atoms with van der Waals surface area (Å²) in [4.78, 5) is 35.1. The molecule has 0 unspecified atom stereocenters. The molecule has 0 saturated heterocycles. The summed E-state index contributed by atoms with van der Waals surface area (Å²) in [6.07, 6.45) is 1.40. The van der Waals surface area contributed by atoms with Crippen molar-refractivity contribution in [2.24, 2.45) is 0 Å². The Bertz CT molecular complexity index is 578. The smallest absolute Gasteiger partial charge is 0.356 e. The van der Waals surface area contributed by atoms with E-state index in [4.69, 9.17) is 0 Å². The number of nitrogens with zero attached hydrogens (tertiary/aromatic N) is 2. The van der Waals surface area contributed by atoms with Crippen LogP contribution in [-0.2, 0) is 9.53 Å². The van der Waals surface area contributed by atoms with Gasteiger partial charge in [-0.05, 0) is 12.1 Å². The van der Waals surface area contributed by atoms with Crippen LogP contribution in [0.1, 0.15) is 10.4 Å². The van der Waals surface area contributed by atoms with Gasteiger partial charge in [-0.15, -0.1) is 0 Å². The Morgan fingerprint density at radius 1 is 1.29 bits per heavy atom. The Balaban J connectivity index is 2.92. The molecule has 0 bridgehead atoms. The number of esters is 1. The normalized spacial score (nSPS) is 10.7. The van der Waals surface area contributed by atoms with E-state index in [0.29, 0.717) is 0 Å². The van der Waals surface area contributed by atoms with Gasteiger partial charge in [0.05, 0.1) is 12.0 Å². The van der Waals surface area contributed by atoms with Gasteiger partial charge in [-0.2, -0.15) is 0 Å². The largest absolute Gasteiger partial charge is 0.464 e. The Kier molecular flexibility index (Phi) is 5.41. The number of benzene rings is 1. The lowest BCUT2D eigenvalue weighted by Gasteiger charge is -2.11. The standard InChI is InChI=1S/C13H15N3O5/c1-15(2)8-11(13(18)21-3)14-12(17)9-4-6-10(7-5-9)16(19)20/h4-8H,1-3H3,(H,14,17)/b11-8-. The predicted octanol–water partition coefficient (Wildman–Crippen LogP) is 0.901. The van der Waals surface area contributed by atoms with Gasteiger partial charge in [0.15, 0.2) is 0 Å². The summed E-state index contributed by atoms with van der Waals surface area (Å²) in [5, 5.41) is 12.9. The summed E-state index contributed by atoms with van der Waals surface area (Å²) in [6, 6.07) is 5.03. The second-order valence-corrected chi connectivity index (χ2v) is 4.26. The van der Waals surface area contributed by atoms with Crippen LogP contribution in [0.15, 0.2) is 36.2 Å². The number of nitro benzene ring substituents is 1. The number of carbonyl (C=O) groups excluding carboxylic acids is 2. The predicted molar refractivity (Wildman–Crippen MR) is 74.3 cm³/mol. The van der Waals surface area contributed by atoms with Gasteiger partial charge >= 0.3 is 5.97 Å². The van der Waals surface area contributed by atoms with E-state index in [1.54, 1.807) is 19.0 Å². The van der Waals surface area contributed by atoms with Crippen molar-refractivity contribution < 1.29 is 19.2 Å². The maximum atomic E-state index is 12.0. The zero-order valence-corrected chi connectivity index (χ0v) is 11.8. The van der Waals surface area contributed by atoms with Crippen LogP contribution >= 0.6 is 0 Å². The number of hydrogen-bond donors (Lipinski definition) is 1. The van der Waals surface area contributed by atoms with Crippen LogP contribution < -0.4 is 5.32 Å². The average Bonchev–Trinajstić information content (AvgIpc) is 2.45. The van der Waals surface area contributed by atoms with E-state index in [1.165, 1.54) is 37.6 Å². The van der Waals surface area contributed by atoms with Crippen LogP contribution in [0.25, 0.3) is 0 Å². The van der Waals surface area contributed by atoms with Crippen LogP contribution in [0.2, 0.25) is 0 Å². The SMILES string of the molecule is COC(=O)/C(=C/N(C)C)NC(=O)c1ccc([N+](=O)[O-])cc1. The van der Waals surface area contributed by atoms with Crippen LogP contribution in [0.3, 0.4) is 0 Å². The molecule has 1 rings (SSSR count). The highest BCUT2D eigenvalue weighted by Gasteiger charge is 2.16. The number of methoxy groups -OCH3 is 1. The third-order valence-electron chi connectivity index (χ3n) is 2.38. The van der Waals surface area contributed by atoms with E-state index in [9.17, 15) is 19.7 Å². The lowest BCUT2D eigenvalue weighted by atomic mass is 10.2. The molecule has 0 atom stereocenters. The average molecular weight is 293 g/mol. The van der Waals surface area contributed by atoms with Crippen molar-refractivity contribution in [3.63, 3.8) is 0 Å². The summed E-state index contributed by atoms with van der Waals surface area (Å²) >= 11 is 0. The van der Waals surface area contributed by atoms with Gasteiger partial charge in [0.25, 0.3) is 11.6 Å². The topological polar surface area (TPSA) is 102 Å². The van der Waals surface area contributed by atoms with Crippen molar-refractivity contribution in [1.29, 1.82) is 0 Å². The van der Waals surface area contributed by atoms with E-state index in [0.717, 1.165) is 0 Å². The number of carbonyl (C=O) groups is 2. The first-order valence-corrected chi connectivity index (χ1v) is 5.87. The molecule has 0 saturated carbocycles. The van der Waals surface area contributed by atoms with Gasteiger partial charge in [0, 0.05) is 38.0 Å². The van der Waals surface area contributed by atoms with Gasteiger partial charge in [-0.3, -0.25) is 14.9 Å². The first kappa shape index (κ1) is 16.2. The number of rotatable bonds is 5. The molecule has 1 aromatic rings. The van der Waals surface area contributed by atoms with Crippen molar-refractivity contribution in [1.82, 2.24) is 10.2 Å². The van der Waals surface area contributed by atoms with E-state index in [2.05, 4.69) is 10.1 Å². The molecule has 0 aliphatic carbocycles. The van der Waals surface area contributed by atoms with Crippen LogP contribution in [0, 0.1) is 10.1 Å². The van der Waals surface area contributed by atoms with Gasteiger partial charge in [-0.1, -0.05) is 0 Å². The van der Waals surface area contributed by atoms with Crippen molar-refractivity contribution in [3.8, 4) is 0 Å². The number of nitro groups is 1. The van der Waals surface area contributed by atoms with Crippen molar-refractivity contribution in [2.45, 2.75) is 0 Å². The molecule has 8 nitrogen and oxygen atoms in total. The number of nitrogens with one attached hydrogen (secondary N) is 1. The highest BCUT2D eigenvalue weighted by molar-refractivity contribution is 6.01. The monoisotopic (exact) mass is 293 g/mol. The summed E-state index contributed by atoms with van der Waals surface area (Å²) in [7, 11) is 4.56. The number of non-ortho nitro benzene ring substituents is 1. The van der Waals surface area contributed by atoms with E-state index in [-0.39, 0.29) is 16.9 Å². The van der Waals surface area contributed by atoms with Crippen molar-refractivity contribution >= 4 is 17.6 Å². The molecule has 1 amide bonds. The maximum Gasteiger partial charge on any atom is 0.356 e. The number of hydrogen-bond acceptors (Lipinski definition) is 6. The fourth-order valence-electron chi connectivity index (χ4n) is 1.43. The number of ether oxygens (including phenoxy) is 1. The summed E-state index contributed by atoms with van der Waals surface area (Å²) < 4.78 is 4.56. The Hall–Kier alpha value is -2.90. The first-order valence-electron chi connectivity index (χ1n) is 5.87. The Morgan fingerprint density at radius 3 is 2.29 bits per heavy atom. The molecule has 112 valence electrons. The van der Waals surface area contributed by atoms with Crippen LogP contribution in [0.5, 0.6) is 0 Å².